The van der Waals surface area contributed by atoms with E-state index in [4.69, 9.17) is 4.74 Å². The summed E-state index contributed by atoms with van der Waals surface area (Å²) >= 11 is 0. The molecule has 0 fully saturated rings. The summed E-state index contributed by atoms with van der Waals surface area (Å²) in [6.45, 7) is 4.14. The third kappa shape index (κ3) is 5.76. The molecule has 1 aromatic heterocycles. The Balaban J connectivity index is 1.68. The fraction of sp³-hybridized carbons (Fsp3) is 0.233. The molecule has 1 heterocycles. The Morgan fingerprint density at radius 1 is 1.02 bits per heavy atom. The molecule has 1 N–H and O–H groups in total. The molecular weight excluding hydrogens is 530 g/mol. The smallest absolute Gasteiger partial charge is 0.421 e. The number of carbonyl (C=O) groups is 2. The quantitative estimate of drug-likeness (QED) is 0.230. The second-order valence-corrected chi connectivity index (χ2v) is 11.2. The molecule has 1 unspecified atom stereocenters. The largest absolute Gasteiger partial charge is 0.479 e. The average Bonchev–Trinajstić information content (AvgIpc) is 3.33. The van der Waals surface area contributed by atoms with Gasteiger partial charge in [0.15, 0.2) is 6.29 Å². The number of nitrogens with zero attached hydrogens (tertiary/aromatic N) is 3. The van der Waals surface area contributed by atoms with Gasteiger partial charge >= 0.3 is 6.09 Å². The molecule has 0 aliphatic heterocycles. The number of hydrogen-bond acceptors (Lipinski definition) is 6. The van der Waals surface area contributed by atoms with Crippen LogP contribution in [0.2, 0.25) is 0 Å². The number of aromatic nitrogens is 2. The first kappa shape index (κ1) is 28.6. The van der Waals surface area contributed by atoms with Crippen LogP contribution < -0.4 is 4.74 Å². The lowest BCUT2D eigenvalue weighted by molar-refractivity contribution is 0.111. The van der Waals surface area contributed by atoms with E-state index < -0.39 is 16.1 Å². The zero-order valence-corrected chi connectivity index (χ0v) is 23.3. The van der Waals surface area contributed by atoms with Crippen LogP contribution in [-0.2, 0) is 23.1 Å². The number of ether oxygens (including phenoxy) is 1. The summed E-state index contributed by atoms with van der Waals surface area (Å²) < 4.78 is 34.8. The van der Waals surface area contributed by atoms with E-state index in [0.29, 0.717) is 33.2 Å². The molecule has 4 rings (SSSR count). The van der Waals surface area contributed by atoms with Crippen LogP contribution in [0.15, 0.2) is 83.8 Å². The molecule has 1 amide bonds. The monoisotopic (exact) mass is 561 g/mol. The molecule has 0 aliphatic rings. The second kappa shape index (κ2) is 12.2. The molecule has 0 bridgehead atoms. The highest BCUT2D eigenvalue weighted by Gasteiger charge is 2.31. The van der Waals surface area contributed by atoms with Gasteiger partial charge < -0.3 is 14.4 Å². The van der Waals surface area contributed by atoms with Gasteiger partial charge in [-0.05, 0) is 29.2 Å². The Kier molecular flexibility index (Phi) is 8.69. The third-order valence-electron chi connectivity index (χ3n) is 6.80. The first-order chi connectivity index (χ1) is 19.2. The standard InChI is InChI=1S/C30H31N3O6S/c1-4-21(2)28-31-29(39-3)26(20-34)32(28)18-23-14-16-24(17-15-23)25-12-8-9-13-27(25)40(37,38)33(30(35)36)19-22-10-6-5-7-11-22/h5-17,20-21H,4,18-19H2,1-3H3,(H,35,36). The van der Waals surface area contributed by atoms with Crippen LogP contribution >= 0.6 is 0 Å². The van der Waals surface area contributed by atoms with E-state index in [1.807, 2.05) is 30.5 Å². The van der Waals surface area contributed by atoms with Gasteiger partial charge in [-0.1, -0.05) is 86.6 Å². The predicted molar refractivity (Wildman–Crippen MR) is 151 cm³/mol. The first-order valence-corrected chi connectivity index (χ1v) is 14.2. The molecule has 0 aliphatic carbocycles. The predicted octanol–water partition coefficient (Wildman–Crippen LogP) is 5.80. The molecule has 9 nitrogen and oxygen atoms in total. The Morgan fingerprint density at radius 3 is 2.27 bits per heavy atom. The van der Waals surface area contributed by atoms with Crippen LogP contribution in [0.1, 0.15) is 53.6 Å². The van der Waals surface area contributed by atoms with Crippen molar-refractivity contribution in [2.45, 2.75) is 44.2 Å². The lowest BCUT2D eigenvalue weighted by atomic mass is 10.0. The van der Waals surface area contributed by atoms with Gasteiger partial charge in [-0.2, -0.15) is 9.29 Å². The van der Waals surface area contributed by atoms with E-state index in [0.717, 1.165) is 24.1 Å². The maximum Gasteiger partial charge on any atom is 0.421 e. The van der Waals surface area contributed by atoms with Crippen molar-refractivity contribution in [3.05, 3.63) is 102 Å². The maximum absolute atomic E-state index is 13.6. The second-order valence-electron chi connectivity index (χ2n) is 9.35. The van der Waals surface area contributed by atoms with Crippen molar-refractivity contribution in [3.63, 3.8) is 0 Å². The van der Waals surface area contributed by atoms with Gasteiger partial charge in [0.2, 0.25) is 5.88 Å². The van der Waals surface area contributed by atoms with Crippen LogP contribution in [0.5, 0.6) is 5.88 Å². The maximum atomic E-state index is 13.6. The minimum Gasteiger partial charge on any atom is -0.479 e. The fourth-order valence-corrected chi connectivity index (χ4v) is 5.95. The Bertz CT molecular complexity index is 1600. The summed E-state index contributed by atoms with van der Waals surface area (Å²) in [5.41, 5.74) is 2.76. The zero-order chi connectivity index (χ0) is 28.9. The highest BCUT2D eigenvalue weighted by molar-refractivity contribution is 7.89. The van der Waals surface area contributed by atoms with Crippen LogP contribution in [0.25, 0.3) is 11.1 Å². The van der Waals surface area contributed by atoms with Gasteiger partial charge in [-0.3, -0.25) is 4.79 Å². The van der Waals surface area contributed by atoms with Gasteiger partial charge in [0, 0.05) is 18.0 Å². The number of hydrogen-bond donors (Lipinski definition) is 1. The highest BCUT2D eigenvalue weighted by atomic mass is 32.2. The van der Waals surface area contributed by atoms with Crippen LogP contribution in [0.3, 0.4) is 0 Å². The number of benzene rings is 3. The van der Waals surface area contributed by atoms with Crippen molar-refractivity contribution in [2.24, 2.45) is 0 Å². The van der Waals surface area contributed by atoms with E-state index >= 15 is 0 Å². The van der Waals surface area contributed by atoms with Gasteiger partial charge in [0.1, 0.15) is 11.5 Å². The number of aldehydes is 1. The molecule has 208 valence electrons. The summed E-state index contributed by atoms with van der Waals surface area (Å²) in [7, 11) is -2.92. The molecule has 0 saturated heterocycles. The third-order valence-corrected chi connectivity index (χ3v) is 8.58. The molecule has 0 saturated carbocycles. The average molecular weight is 562 g/mol. The topological polar surface area (TPSA) is 119 Å². The Labute approximate surface area is 233 Å². The minimum absolute atomic E-state index is 0.104. The van der Waals surface area contributed by atoms with Crippen molar-refractivity contribution in [1.29, 1.82) is 0 Å². The summed E-state index contributed by atoms with van der Waals surface area (Å²) in [6, 6.07) is 22.2. The number of carbonyl (C=O) groups excluding carboxylic acids is 1. The van der Waals surface area contributed by atoms with E-state index in [1.54, 1.807) is 60.7 Å². The first-order valence-electron chi connectivity index (χ1n) is 12.8. The van der Waals surface area contributed by atoms with Crippen molar-refractivity contribution in [3.8, 4) is 17.0 Å². The van der Waals surface area contributed by atoms with E-state index in [9.17, 15) is 23.1 Å². The van der Waals surface area contributed by atoms with Crippen molar-refractivity contribution in [2.75, 3.05) is 7.11 Å². The van der Waals surface area contributed by atoms with Crippen LogP contribution in [0, 0.1) is 0 Å². The molecular formula is C30H31N3O6S. The highest BCUT2D eigenvalue weighted by Crippen LogP contribution is 2.31. The Hall–Kier alpha value is -4.44. The number of amides is 1. The van der Waals surface area contributed by atoms with Crippen LogP contribution in [0.4, 0.5) is 4.79 Å². The molecule has 1 atom stereocenters. The summed E-state index contributed by atoms with van der Waals surface area (Å²) in [4.78, 5) is 28.3. The fourth-order valence-electron chi connectivity index (χ4n) is 4.48. The number of carboxylic acid groups (broad SMARTS) is 1. The molecule has 3 aromatic carbocycles. The minimum atomic E-state index is -4.39. The summed E-state index contributed by atoms with van der Waals surface area (Å²) in [6.07, 6.45) is 0.00443. The summed E-state index contributed by atoms with van der Waals surface area (Å²) in [5.74, 6) is 1.13. The Morgan fingerprint density at radius 2 is 1.68 bits per heavy atom. The lowest BCUT2D eigenvalue weighted by Crippen LogP contribution is -2.35. The molecule has 0 radical (unpaired) electrons. The SMILES string of the molecule is CCC(C)c1nc(OC)c(C=O)n1Cc1ccc(-c2ccccc2S(=O)(=O)N(Cc2ccccc2)C(=O)O)cc1. The zero-order valence-electron chi connectivity index (χ0n) is 22.5. The van der Waals surface area contributed by atoms with Gasteiger partial charge in [0.05, 0.1) is 18.6 Å². The normalized spacial score (nSPS) is 12.1. The molecule has 0 spiro atoms. The molecule has 40 heavy (non-hydrogen) atoms. The van der Waals surface area contributed by atoms with E-state index in [-0.39, 0.29) is 23.2 Å². The van der Waals surface area contributed by atoms with E-state index in [1.165, 1.54) is 13.2 Å². The van der Waals surface area contributed by atoms with Crippen LogP contribution in [-0.4, -0.2) is 46.9 Å². The number of rotatable bonds is 11. The van der Waals surface area contributed by atoms with E-state index in [2.05, 4.69) is 4.98 Å². The number of methoxy groups -OCH3 is 1. The van der Waals surface area contributed by atoms with Gasteiger partial charge in [0.25, 0.3) is 10.0 Å². The van der Waals surface area contributed by atoms with Crippen molar-refractivity contribution < 1.29 is 27.9 Å². The summed E-state index contributed by atoms with van der Waals surface area (Å²) in [5, 5.41) is 9.82. The van der Waals surface area contributed by atoms with Crippen molar-refractivity contribution in [1.82, 2.24) is 13.9 Å². The number of sulfonamides is 1. The lowest BCUT2D eigenvalue weighted by Gasteiger charge is -2.21. The molecule has 4 aromatic rings. The number of imidazole rings is 1. The molecule has 10 heteroatoms. The van der Waals surface area contributed by atoms with Gasteiger partial charge in [-0.15, -0.1) is 0 Å². The van der Waals surface area contributed by atoms with Gasteiger partial charge in [-0.25, -0.2) is 13.2 Å². The van der Waals surface area contributed by atoms with Crippen molar-refractivity contribution >= 4 is 22.4 Å².